The monoisotopic (exact) mass is 235 g/mol. The van der Waals surface area contributed by atoms with E-state index in [4.69, 9.17) is 4.74 Å². The molecule has 1 amide bonds. The maximum atomic E-state index is 11.9. The number of amides is 1. The number of hydrogen-bond acceptors (Lipinski definition) is 4. The Kier molecular flexibility index (Phi) is 3.58. The van der Waals surface area contributed by atoms with Crippen LogP contribution >= 0.6 is 0 Å². The Balaban J connectivity index is 2.06. The summed E-state index contributed by atoms with van der Waals surface area (Å²) in [7, 11) is 1.59. The van der Waals surface area contributed by atoms with Crippen molar-refractivity contribution >= 4 is 5.91 Å². The zero-order valence-electron chi connectivity index (χ0n) is 10.1. The third-order valence-corrected chi connectivity index (χ3v) is 2.86. The van der Waals surface area contributed by atoms with Gasteiger partial charge in [-0.1, -0.05) is 6.07 Å². The minimum atomic E-state index is -0.102. The SMILES string of the molecule is COc1cccc(CN2CCNC(C)C2=O)n1. The number of piperazine rings is 1. The molecule has 1 fully saturated rings. The van der Waals surface area contributed by atoms with E-state index in [1.165, 1.54) is 0 Å². The molecular formula is C12H17N3O2. The molecule has 2 rings (SSSR count). The molecule has 2 heterocycles. The molecule has 1 aliphatic heterocycles. The van der Waals surface area contributed by atoms with Crippen molar-refractivity contribution in [3.8, 4) is 5.88 Å². The van der Waals surface area contributed by atoms with Gasteiger partial charge in [-0.25, -0.2) is 4.98 Å². The lowest BCUT2D eigenvalue weighted by molar-refractivity contribution is -0.135. The lowest BCUT2D eigenvalue weighted by atomic mass is 10.2. The van der Waals surface area contributed by atoms with Crippen molar-refractivity contribution < 1.29 is 9.53 Å². The normalized spacial score (nSPS) is 20.5. The second-order valence-corrected chi connectivity index (χ2v) is 4.11. The number of carbonyl (C=O) groups excluding carboxylic acids is 1. The van der Waals surface area contributed by atoms with Gasteiger partial charge in [0.1, 0.15) is 0 Å². The standard InChI is InChI=1S/C12H17N3O2/c1-9-12(16)15(7-6-13-9)8-10-4-3-5-11(14-10)17-2/h3-5,9,13H,6-8H2,1-2H3. The van der Waals surface area contributed by atoms with Gasteiger partial charge in [-0.05, 0) is 13.0 Å². The van der Waals surface area contributed by atoms with Crippen molar-refractivity contribution in [3.63, 3.8) is 0 Å². The van der Waals surface area contributed by atoms with Crippen LogP contribution in [0, 0.1) is 0 Å². The molecule has 0 radical (unpaired) electrons. The Morgan fingerprint density at radius 3 is 3.18 bits per heavy atom. The minimum Gasteiger partial charge on any atom is -0.481 e. The fourth-order valence-corrected chi connectivity index (χ4v) is 1.90. The second-order valence-electron chi connectivity index (χ2n) is 4.11. The number of carbonyl (C=O) groups is 1. The summed E-state index contributed by atoms with van der Waals surface area (Å²) in [6.45, 7) is 3.98. The van der Waals surface area contributed by atoms with Crippen LogP contribution in [0.4, 0.5) is 0 Å². The quantitative estimate of drug-likeness (QED) is 0.824. The summed E-state index contributed by atoms with van der Waals surface area (Å²) < 4.78 is 5.07. The molecule has 1 aliphatic rings. The topological polar surface area (TPSA) is 54.5 Å². The molecule has 1 aromatic heterocycles. The van der Waals surface area contributed by atoms with Gasteiger partial charge < -0.3 is 15.0 Å². The first-order valence-corrected chi connectivity index (χ1v) is 5.73. The molecule has 1 N–H and O–H groups in total. The number of rotatable bonds is 3. The number of hydrogen-bond donors (Lipinski definition) is 1. The Bertz CT molecular complexity index is 408. The number of methoxy groups -OCH3 is 1. The number of ether oxygens (including phenoxy) is 1. The number of aromatic nitrogens is 1. The molecule has 0 aliphatic carbocycles. The van der Waals surface area contributed by atoms with E-state index in [0.29, 0.717) is 12.4 Å². The van der Waals surface area contributed by atoms with Gasteiger partial charge in [-0.3, -0.25) is 4.79 Å². The van der Waals surface area contributed by atoms with Crippen molar-refractivity contribution in [2.75, 3.05) is 20.2 Å². The summed E-state index contributed by atoms with van der Waals surface area (Å²) in [6.07, 6.45) is 0. The summed E-state index contributed by atoms with van der Waals surface area (Å²) in [4.78, 5) is 18.0. The molecule has 1 unspecified atom stereocenters. The van der Waals surface area contributed by atoms with Crippen molar-refractivity contribution in [3.05, 3.63) is 23.9 Å². The number of nitrogens with one attached hydrogen (secondary N) is 1. The van der Waals surface area contributed by atoms with E-state index in [-0.39, 0.29) is 11.9 Å². The van der Waals surface area contributed by atoms with Gasteiger partial charge in [0.15, 0.2) is 0 Å². The number of nitrogens with zero attached hydrogens (tertiary/aromatic N) is 2. The summed E-state index contributed by atoms with van der Waals surface area (Å²) in [5, 5.41) is 3.13. The Hall–Kier alpha value is -1.62. The maximum absolute atomic E-state index is 11.9. The fourth-order valence-electron chi connectivity index (χ4n) is 1.90. The third kappa shape index (κ3) is 2.74. The average molecular weight is 235 g/mol. The van der Waals surface area contributed by atoms with Crippen molar-refractivity contribution in [2.24, 2.45) is 0 Å². The van der Waals surface area contributed by atoms with Gasteiger partial charge in [-0.15, -0.1) is 0 Å². The molecule has 1 saturated heterocycles. The Labute approximate surface area is 101 Å². The van der Waals surface area contributed by atoms with Crippen molar-refractivity contribution in [1.29, 1.82) is 0 Å². The van der Waals surface area contributed by atoms with Gasteiger partial charge in [0.05, 0.1) is 25.4 Å². The smallest absolute Gasteiger partial charge is 0.239 e. The largest absolute Gasteiger partial charge is 0.481 e. The molecule has 5 nitrogen and oxygen atoms in total. The van der Waals surface area contributed by atoms with E-state index >= 15 is 0 Å². The van der Waals surface area contributed by atoms with Crippen molar-refractivity contribution in [1.82, 2.24) is 15.2 Å². The predicted octanol–water partition coefficient (Wildman–Crippen LogP) is 0.410. The van der Waals surface area contributed by atoms with Crippen LogP contribution < -0.4 is 10.1 Å². The zero-order valence-corrected chi connectivity index (χ0v) is 10.1. The van der Waals surface area contributed by atoms with Gasteiger partial charge in [-0.2, -0.15) is 0 Å². The van der Waals surface area contributed by atoms with Crippen LogP contribution in [-0.2, 0) is 11.3 Å². The van der Waals surface area contributed by atoms with E-state index in [1.54, 1.807) is 13.2 Å². The molecule has 5 heteroatoms. The van der Waals surface area contributed by atoms with E-state index in [9.17, 15) is 4.79 Å². The molecule has 0 saturated carbocycles. The first kappa shape index (κ1) is 11.9. The first-order chi connectivity index (χ1) is 8.20. The average Bonchev–Trinajstić information content (AvgIpc) is 2.35. The lowest BCUT2D eigenvalue weighted by Gasteiger charge is -2.31. The molecule has 1 aromatic rings. The highest BCUT2D eigenvalue weighted by atomic mass is 16.5. The molecule has 0 bridgehead atoms. The van der Waals surface area contributed by atoms with Gasteiger partial charge in [0, 0.05) is 19.2 Å². The lowest BCUT2D eigenvalue weighted by Crippen LogP contribution is -2.53. The molecule has 0 spiro atoms. The van der Waals surface area contributed by atoms with E-state index in [1.807, 2.05) is 24.0 Å². The first-order valence-electron chi connectivity index (χ1n) is 5.73. The van der Waals surface area contributed by atoms with Crippen LogP contribution in [0.1, 0.15) is 12.6 Å². The van der Waals surface area contributed by atoms with E-state index in [0.717, 1.165) is 18.8 Å². The van der Waals surface area contributed by atoms with Crippen LogP contribution in [0.5, 0.6) is 5.88 Å². The van der Waals surface area contributed by atoms with E-state index in [2.05, 4.69) is 10.3 Å². The molecule has 1 atom stereocenters. The van der Waals surface area contributed by atoms with Crippen LogP contribution in [-0.4, -0.2) is 42.0 Å². The van der Waals surface area contributed by atoms with Crippen LogP contribution in [0.3, 0.4) is 0 Å². The third-order valence-electron chi connectivity index (χ3n) is 2.86. The van der Waals surface area contributed by atoms with Crippen LogP contribution in [0.25, 0.3) is 0 Å². The molecule has 92 valence electrons. The van der Waals surface area contributed by atoms with Gasteiger partial charge in [0.25, 0.3) is 0 Å². The van der Waals surface area contributed by atoms with Gasteiger partial charge in [0.2, 0.25) is 11.8 Å². The minimum absolute atomic E-state index is 0.102. The second kappa shape index (κ2) is 5.14. The fraction of sp³-hybridized carbons (Fsp3) is 0.500. The van der Waals surface area contributed by atoms with Crippen LogP contribution in [0.2, 0.25) is 0 Å². The summed E-state index contributed by atoms with van der Waals surface area (Å²) in [5.74, 6) is 0.707. The maximum Gasteiger partial charge on any atom is 0.239 e. The summed E-state index contributed by atoms with van der Waals surface area (Å²) in [5.41, 5.74) is 0.854. The summed E-state index contributed by atoms with van der Waals surface area (Å²) >= 11 is 0. The zero-order chi connectivity index (χ0) is 12.3. The highest BCUT2D eigenvalue weighted by Gasteiger charge is 2.24. The molecule has 17 heavy (non-hydrogen) atoms. The Morgan fingerprint density at radius 2 is 2.41 bits per heavy atom. The predicted molar refractivity (Wildman–Crippen MR) is 63.7 cm³/mol. The highest BCUT2D eigenvalue weighted by molar-refractivity contribution is 5.82. The molecule has 0 aromatic carbocycles. The van der Waals surface area contributed by atoms with E-state index < -0.39 is 0 Å². The van der Waals surface area contributed by atoms with Gasteiger partial charge >= 0.3 is 0 Å². The van der Waals surface area contributed by atoms with Crippen molar-refractivity contribution in [2.45, 2.75) is 19.5 Å². The molecular weight excluding hydrogens is 218 g/mol. The highest BCUT2D eigenvalue weighted by Crippen LogP contribution is 2.11. The number of pyridine rings is 1. The summed E-state index contributed by atoms with van der Waals surface area (Å²) in [6, 6.07) is 5.49. The Morgan fingerprint density at radius 1 is 1.59 bits per heavy atom. The van der Waals surface area contributed by atoms with Crippen LogP contribution in [0.15, 0.2) is 18.2 Å².